The summed E-state index contributed by atoms with van der Waals surface area (Å²) in [5, 5.41) is 0. The zero-order valence-electron chi connectivity index (χ0n) is 35.7. The number of allylic oxidation sites excluding steroid dienone is 4. The van der Waals surface area contributed by atoms with Crippen molar-refractivity contribution in [1.29, 1.82) is 0 Å². The van der Waals surface area contributed by atoms with E-state index in [0.29, 0.717) is 6.42 Å². The minimum absolute atomic E-state index is 0.0523. The first-order valence-electron chi connectivity index (χ1n) is 22.8. The number of nitrogens with two attached hydrogens (primary N) is 1. The van der Waals surface area contributed by atoms with Crippen LogP contribution in [0.5, 0.6) is 0 Å². The van der Waals surface area contributed by atoms with Crippen molar-refractivity contribution in [3.8, 4) is 0 Å². The van der Waals surface area contributed by atoms with Crippen molar-refractivity contribution in [3.63, 3.8) is 0 Å². The van der Waals surface area contributed by atoms with Gasteiger partial charge in [0.1, 0.15) is 6.61 Å². The molecule has 0 aliphatic heterocycles. The molecule has 324 valence electrons. The molecule has 0 aromatic rings. The van der Waals surface area contributed by atoms with Crippen LogP contribution in [-0.4, -0.2) is 49.3 Å². The summed E-state index contributed by atoms with van der Waals surface area (Å²) in [6.07, 6.45) is 44.9. The molecule has 0 saturated heterocycles. The molecule has 0 radical (unpaired) electrons. The molecule has 2 atom stereocenters. The second kappa shape index (κ2) is 42.1. The van der Waals surface area contributed by atoms with Gasteiger partial charge in [-0.3, -0.25) is 18.6 Å². The quantitative estimate of drug-likeness (QED) is 0.0267. The fraction of sp³-hybridized carbons (Fsp3) is 0.867. The zero-order valence-corrected chi connectivity index (χ0v) is 36.6. The van der Waals surface area contributed by atoms with Crippen LogP contribution in [0.4, 0.5) is 0 Å². The standard InChI is InChI=1S/C45H86NO8P/c1-3-5-7-9-11-13-15-17-19-20-21-22-24-25-27-29-31-33-35-37-44(47)51-41-43(42-53-55(49,50)52-40-39-46)54-45(48)38-36-34-32-30-28-26-23-18-16-14-12-10-8-6-4-2/h14,16,18,23,43H,3-13,15,17,19-22,24-42,46H2,1-2H3,(H,49,50)/b16-14+,23-18+/t43-/m1/s1. The highest BCUT2D eigenvalue weighted by molar-refractivity contribution is 7.47. The lowest BCUT2D eigenvalue weighted by Crippen LogP contribution is -2.29. The Morgan fingerprint density at radius 1 is 0.545 bits per heavy atom. The third-order valence-electron chi connectivity index (χ3n) is 9.87. The summed E-state index contributed by atoms with van der Waals surface area (Å²) in [5.74, 6) is -0.837. The van der Waals surface area contributed by atoms with E-state index in [1.807, 2.05) is 0 Å². The van der Waals surface area contributed by atoms with Crippen LogP contribution in [-0.2, 0) is 32.7 Å². The first-order valence-corrected chi connectivity index (χ1v) is 24.3. The number of rotatable bonds is 43. The highest BCUT2D eigenvalue weighted by Gasteiger charge is 2.26. The topological polar surface area (TPSA) is 134 Å². The predicted octanol–water partition coefficient (Wildman–Crippen LogP) is 13.2. The maximum absolute atomic E-state index is 12.6. The molecular weight excluding hydrogens is 713 g/mol. The number of unbranched alkanes of at least 4 members (excludes halogenated alkanes) is 27. The van der Waals surface area contributed by atoms with Crippen LogP contribution in [0.25, 0.3) is 0 Å². The number of esters is 2. The number of phosphoric ester groups is 1. The lowest BCUT2D eigenvalue weighted by molar-refractivity contribution is -0.161. The van der Waals surface area contributed by atoms with Crippen LogP contribution in [0.1, 0.15) is 219 Å². The van der Waals surface area contributed by atoms with Gasteiger partial charge in [-0.15, -0.1) is 0 Å². The number of hydrogen-bond acceptors (Lipinski definition) is 8. The Balaban J connectivity index is 4.10. The molecule has 0 spiro atoms. The summed E-state index contributed by atoms with van der Waals surface area (Å²) in [6.45, 7) is 3.72. The second-order valence-corrected chi connectivity index (χ2v) is 16.8. The fourth-order valence-electron chi connectivity index (χ4n) is 6.45. The predicted molar refractivity (Wildman–Crippen MR) is 229 cm³/mol. The highest BCUT2D eigenvalue weighted by Crippen LogP contribution is 2.43. The van der Waals surface area contributed by atoms with Crippen molar-refractivity contribution in [1.82, 2.24) is 0 Å². The van der Waals surface area contributed by atoms with E-state index in [4.69, 9.17) is 24.3 Å². The number of ether oxygens (including phenoxy) is 2. The van der Waals surface area contributed by atoms with Crippen LogP contribution in [0.15, 0.2) is 24.3 Å². The molecule has 0 bridgehead atoms. The Labute approximate surface area is 338 Å². The van der Waals surface area contributed by atoms with Gasteiger partial charge in [0.2, 0.25) is 0 Å². The summed E-state index contributed by atoms with van der Waals surface area (Å²) in [5.41, 5.74) is 5.35. The van der Waals surface area contributed by atoms with Gasteiger partial charge in [-0.2, -0.15) is 0 Å². The molecule has 0 aromatic carbocycles. The van der Waals surface area contributed by atoms with E-state index >= 15 is 0 Å². The first-order chi connectivity index (χ1) is 26.8. The molecule has 0 rings (SSSR count). The SMILES string of the molecule is CCCCCC/C=C/C=C/CCCCCCCC(=O)O[C@H](COC(=O)CCCCCCCCCCCCCCCCCCCCC)COP(=O)(O)OCCN. The Morgan fingerprint density at radius 2 is 0.927 bits per heavy atom. The van der Waals surface area contributed by atoms with Crippen molar-refractivity contribution in [3.05, 3.63) is 24.3 Å². The van der Waals surface area contributed by atoms with E-state index in [9.17, 15) is 19.0 Å². The van der Waals surface area contributed by atoms with Crippen LogP contribution in [0, 0.1) is 0 Å². The molecule has 0 aliphatic carbocycles. The normalized spacial score (nSPS) is 13.5. The molecule has 55 heavy (non-hydrogen) atoms. The van der Waals surface area contributed by atoms with Gasteiger partial charge in [-0.1, -0.05) is 192 Å². The Bertz CT molecular complexity index is 959. The van der Waals surface area contributed by atoms with E-state index in [1.165, 1.54) is 128 Å². The fourth-order valence-corrected chi connectivity index (χ4v) is 7.22. The molecular formula is C45H86NO8P. The molecule has 0 fully saturated rings. The third kappa shape index (κ3) is 41.9. The molecule has 0 aliphatic rings. The number of phosphoric acid groups is 1. The average molecular weight is 800 g/mol. The molecule has 0 amide bonds. The molecule has 9 nitrogen and oxygen atoms in total. The van der Waals surface area contributed by atoms with Crippen molar-refractivity contribution in [2.45, 2.75) is 225 Å². The number of carbonyl (C=O) groups is 2. The van der Waals surface area contributed by atoms with Gasteiger partial charge in [0.05, 0.1) is 13.2 Å². The monoisotopic (exact) mass is 800 g/mol. The van der Waals surface area contributed by atoms with Crippen LogP contribution >= 0.6 is 7.82 Å². The van der Waals surface area contributed by atoms with Gasteiger partial charge in [-0.25, -0.2) is 4.57 Å². The van der Waals surface area contributed by atoms with Gasteiger partial charge in [0, 0.05) is 19.4 Å². The van der Waals surface area contributed by atoms with E-state index in [0.717, 1.165) is 57.8 Å². The molecule has 3 N–H and O–H groups in total. The Morgan fingerprint density at radius 3 is 1.36 bits per heavy atom. The van der Waals surface area contributed by atoms with Crippen molar-refractivity contribution < 1.29 is 37.6 Å². The highest BCUT2D eigenvalue weighted by atomic mass is 31.2. The molecule has 1 unspecified atom stereocenters. The van der Waals surface area contributed by atoms with Gasteiger partial charge in [-0.05, 0) is 38.5 Å². The van der Waals surface area contributed by atoms with E-state index in [2.05, 4.69) is 38.2 Å². The number of hydrogen-bond donors (Lipinski definition) is 2. The summed E-state index contributed by atoms with van der Waals surface area (Å²) in [6, 6.07) is 0. The summed E-state index contributed by atoms with van der Waals surface area (Å²) in [7, 11) is -4.38. The molecule has 0 heterocycles. The van der Waals surface area contributed by atoms with Gasteiger partial charge < -0.3 is 20.1 Å². The Kier molecular flexibility index (Phi) is 40.9. The van der Waals surface area contributed by atoms with E-state index in [-0.39, 0.29) is 38.6 Å². The number of carbonyl (C=O) groups excluding carboxylic acids is 2. The van der Waals surface area contributed by atoms with E-state index < -0.39 is 26.5 Å². The van der Waals surface area contributed by atoms with Gasteiger partial charge >= 0.3 is 19.8 Å². The third-order valence-corrected chi connectivity index (χ3v) is 10.9. The van der Waals surface area contributed by atoms with Crippen molar-refractivity contribution >= 4 is 19.8 Å². The smallest absolute Gasteiger partial charge is 0.462 e. The zero-order chi connectivity index (χ0) is 40.3. The summed E-state index contributed by atoms with van der Waals surface area (Å²) < 4.78 is 32.8. The Hall–Kier alpha value is -1.51. The average Bonchev–Trinajstić information content (AvgIpc) is 3.17. The molecule has 0 saturated carbocycles. The van der Waals surface area contributed by atoms with Crippen LogP contribution < -0.4 is 5.73 Å². The lowest BCUT2D eigenvalue weighted by atomic mass is 10.0. The van der Waals surface area contributed by atoms with Crippen molar-refractivity contribution in [2.75, 3.05) is 26.4 Å². The summed E-state index contributed by atoms with van der Waals surface area (Å²) >= 11 is 0. The second-order valence-electron chi connectivity index (χ2n) is 15.3. The molecule has 10 heteroatoms. The first kappa shape index (κ1) is 53.5. The maximum atomic E-state index is 12.6. The summed E-state index contributed by atoms with van der Waals surface area (Å²) in [4.78, 5) is 34.9. The van der Waals surface area contributed by atoms with E-state index in [1.54, 1.807) is 0 Å². The largest absolute Gasteiger partial charge is 0.472 e. The van der Waals surface area contributed by atoms with Crippen LogP contribution in [0.2, 0.25) is 0 Å². The minimum Gasteiger partial charge on any atom is -0.462 e. The lowest BCUT2D eigenvalue weighted by Gasteiger charge is -2.19. The van der Waals surface area contributed by atoms with Gasteiger partial charge in [0.15, 0.2) is 6.10 Å². The molecule has 0 aromatic heterocycles. The van der Waals surface area contributed by atoms with Crippen molar-refractivity contribution in [2.24, 2.45) is 5.73 Å². The van der Waals surface area contributed by atoms with Crippen LogP contribution in [0.3, 0.4) is 0 Å². The minimum atomic E-state index is -4.38. The maximum Gasteiger partial charge on any atom is 0.472 e. The van der Waals surface area contributed by atoms with Gasteiger partial charge in [0.25, 0.3) is 0 Å².